The molecule has 2 aromatic carbocycles. The van der Waals surface area contributed by atoms with Crippen LogP contribution in [0, 0.1) is 0 Å². The van der Waals surface area contributed by atoms with Crippen LogP contribution in [0.1, 0.15) is 18.4 Å². The third-order valence-corrected chi connectivity index (χ3v) is 4.17. The van der Waals surface area contributed by atoms with Gasteiger partial charge in [-0.05, 0) is 33.7 Å². The Morgan fingerprint density at radius 2 is 1.95 bits per heavy atom. The quantitative estimate of drug-likeness (QED) is 0.723. The lowest BCUT2D eigenvalue weighted by atomic mass is 9.90. The number of rotatable bonds is 2. The van der Waals surface area contributed by atoms with Crippen molar-refractivity contribution in [1.29, 1.82) is 0 Å². The van der Waals surface area contributed by atoms with E-state index in [1.807, 2.05) is 7.05 Å². The fourth-order valence-electron chi connectivity index (χ4n) is 3.10. The van der Waals surface area contributed by atoms with E-state index in [0.29, 0.717) is 0 Å². The van der Waals surface area contributed by atoms with Crippen LogP contribution in [0.25, 0.3) is 22.2 Å². The Morgan fingerprint density at radius 3 is 2.68 bits per heavy atom. The maximum atomic E-state index is 4.24. The Kier molecular flexibility index (Phi) is 2.89. The third-order valence-electron chi connectivity index (χ3n) is 4.17. The molecule has 1 atom stereocenters. The number of benzene rings is 2. The molecule has 4 heteroatoms. The van der Waals surface area contributed by atoms with E-state index >= 15 is 0 Å². The molecule has 0 bridgehead atoms. The van der Waals surface area contributed by atoms with Gasteiger partial charge in [-0.1, -0.05) is 60.2 Å². The van der Waals surface area contributed by atoms with Crippen molar-refractivity contribution in [1.82, 2.24) is 20.2 Å². The number of hydrogen-bond acceptors (Lipinski definition) is 3. The van der Waals surface area contributed by atoms with Crippen LogP contribution in [-0.2, 0) is 7.05 Å². The summed E-state index contributed by atoms with van der Waals surface area (Å²) in [5, 5.41) is 14.5. The highest BCUT2D eigenvalue weighted by atomic mass is 15.5. The van der Waals surface area contributed by atoms with Gasteiger partial charge in [-0.3, -0.25) is 0 Å². The van der Waals surface area contributed by atoms with Crippen molar-refractivity contribution in [2.45, 2.75) is 12.8 Å². The van der Waals surface area contributed by atoms with E-state index in [9.17, 15) is 0 Å². The molecule has 108 valence electrons. The SMILES string of the molecule is CC1=CC(c2ccc3ccccc3c2-c2nnnn2C)C=C1. The molecule has 22 heavy (non-hydrogen) atoms. The van der Waals surface area contributed by atoms with Crippen LogP contribution in [0.3, 0.4) is 0 Å². The average Bonchev–Trinajstić information content (AvgIpc) is 3.14. The zero-order chi connectivity index (χ0) is 15.1. The summed E-state index contributed by atoms with van der Waals surface area (Å²) in [6, 6.07) is 12.7. The molecule has 1 aliphatic carbocycles. The first-order chi connectivity index (χ1) is 10.7. The Morgan fingerprint density at radius 1 is 1.09 bits per heavy atom. The van der Waals surface area contributed by atoms with Crippen LogP contribution in [0.2, 0.25) is 0 Å². The lowest BCUT2D eigenvalue weighted by Crippen LogP contribution is -2.01. The number of fused-ring (bicyclic) bond motifs is 1. The summed E-state index contributed by atoms with van der Waals surface area (Å²) in [6.07, 6.45) is 6.67. The standard InChI is InChI=1S/C18H16N4/c1-12-7-8-14(11-12)16-10-9-13-5-3-4-6-15(13)17(16)18-19-20-21-22(18)2/h3-11,14H,1-2H3. The largest absolute Gasteiger partial charge is 0.229 e. The van der Waals surface area contributed by atoms with Gasteiger partial charge in [-0.2, -0.15) is 0 Å². The molecule has 0 radical (unpaired) electrons. The minimum absolute atomic E-state index is 0.274. The number of aromatic nitrogens is 4. The van der Waals surface area contributed by atoms with Gasteiger partial charge in [0.15, 0.2) is 5.82 Å². The first-order valence-corrected chi connectivity index (χ1v) is 7.35. The van der Waals surface area contributed by atoms with E-state index in [1.54, 1.807) is 4.68 Å². The van der Waals surface area contributed by atoms with Gasteiger partial charge in [-0.15, -0.1) is 5.10 Å². The van der Waals surface area contributed by atoms with Gasteiger partial charge < -0.3 is 0 Å². The summed E-state index contributed by atoms with van der Waals surface area (Å²) in [5.74, 6) is 1.08. The predicted octanol–water partition coefficient (Wildman–Crippen LogP) is 3.63. The summed E-state index contributed by atoms with van der Waals surface area (Å²) in [4.78, 5) is 0. The van der Waals surface area contributed by atoms with E-state index in [2.05, 4.69) is 77.1 Å². The Bertz CT molecular complexity index is 918. The summed E-state index contributed by atoms with van der Waals surface area (Å²) in [6.45, 7) is 2.13. The van der Waals surface area contributed by atoms with Crippen molar-refractivity contribution in [3.8, 4) is 11.4 Å². The van der Waals surface area contributed by atoms with Gasteiger partial charge in [0.05, 0.1) is 0 Å². The number of hydrogen-bond donors (Lipinski definition) is 0. The first kappa shape index (κ1) is 13.0. The smallest absolute Gasteiger partial charge is 0.182 e. The lowest BCUT2D eigenvalue weighted by molar-refractivity contribution is 0.714. The molecule has 4 nitrogen and oxygen atoms in total. The van der Waals surface area contributed by atoms with Gasteiger partial charge in [0.1, 0.15) is 0 Å². The maximum Gasteiger partial charge on any atom is 0.182 e. The summed E-state index contributed by atoms with van der Waals surface area (Å²) < 4.78 is 1.74. The Labute approximate surface area is 128 Å². The fraction of sp³-hybridized carbons (Fsp3) is 0.167. The van der Waals surface area contributed by atoms with Crippen molar-refractivity contribution < 1.29 is 0 Å². The van der Waals surface area contributed by atoms with Gasteiger partial charge in [0.25, 0.3) is 0 Å². The monoisotopic (exact) mass is 288 g/mol. The van der Waals surface area contributed by atoms with Gasteiger partial charge in [0, 0.05) is 18.5 Å². The topological polar surface area (TPSA) is 43.6 Å². The molecule has 1 aliphatic rings. The van der Waals surface area contributed by atoms with E-state index < -0.39 is 0 Å². The maximum absolute atomic E-state index is 4.24. The van der Waals surface area contributed by atoms with E-state index in [4.69, 9.17) is 0 Å². The summed E-state index contributed by atoms with van der Waals surface area (Å²) >= 11 is 0. The van der Waals surface area contributed by atoms with Crippen molar-refractivity contribution in [3.63, 3.8) is 0 Å². The molecule has 1 aromatic heterocycles. The van der Waals surface area contributed by atoms with Crippen molar-refractivity contribution in [2.24, 2.45) is 7.05 Å². The molecule has 1 unspecified atom stereocenters. The Balaban J connectivity index is 2.05. The molecular formula is C18H16N4. The van der Waals surface area contributed by atoms with Gasteiger partial charge >= 0.3 is 0 Å². The highest BCUT2D eigenvalue weighted by Gasteiger charge is 2.20. The van der Waals surface area contributed by atoms with Gasteiger partial charge in [0.2, 0.25) is 0 Å². The van der Waals surface area contributed by atoms with E-state index in [1.165, 1.54) is 21.9 Å². The summed E-state index contributed by atoms with van der Waals surface area (Å²) in [7, 11) is 1.88. The first-order valence-electron chi connectivity index (χ1n) is 7.35. The number of allylic oxidation sites excluding steroid dienone is 4. The molecular weight excluding hydrogens is 272 g/mol. The molecule has 0 saturated carbocycles. The second-order valence-corrected chi connectivity index (χ2v) is 5.67. The van der Waals surface area contributed by atoms with E-state index in [-0.39, 0.29) is 5.92 Å². The normalized spacial score (nSPS) is 17.2. The van der Waals surface area contributed by atoms with Crippen LogP contribution >= 0.6 is 0 Å². The molecule has 0 amide bonds. The molecule has 0 fully saturated rings. The highest BCUT2D eigenvalue weighted by Crippen LogP contribution is 2.37. The molecule has 0 spiro atoms. The Hall–Kier alpha value is -2.75. The molecule has 0 saturated heterocycles. The molecule has 4 rings (SSSR count). The van der Waals surface area contributed by atoms with Crippen LogP contribution in [0.5, 0.6) is 0 Å². The van der Waals surface area contributed by atoms with Crippen molar-refractivity contribution in [2.75, 3.05) is 0 Å². The van der Waals surface area contributed by atoms with Crippen molar-refractivity contribution in [3.05, 3.63) is 65.8 Å². The van der Waals surface area contributed by atoms with E-state index in [0.717, 1.165) is 11.4 Å². The average molecular weight is 288 g/mol. The fourth-order valence-corrected chi connectivity index (χ4v) is 3.10. The van der Waals surface area contributed by atoms with Crippen LogP contribution in [0.15, 0.2) is 60.2 Å². The third kappa shape index (κ3) is 1.96. The minimum Gasteiger partial charge on any atom is -0.229 e. The minimum atomic E-state index is 0.274. The molecule has 3 aromatic rings. The van der Waals surface area contributed by atoms with Crippen LogP contribution < -0.4 is 0 Å². The highest BCUT2D eigenvalue weighted by molar-refractivity contribution is 5.97. The number of nitrogens with zero attached hydrogens (tertiary/aromatic N) is 4. The zero-order valence-electron chi connectivity index (χ0n) is 12.6. The zero-order valence-corrected chi connectivity index (χ0v) is 12.6. The molecule has 0 aliphatic heterocycles. The van der Waals surface area contributed by atoms with Crippen LogP contribution in [-0.4, -0.2) is 20.2 Å². The van der Waals surface area contributed by atoms with Crippen LogP contribution in [0.4, 0.5) is 0 Å². The second kappa shape index (κ2) is 4.91. The molecule has 1 heterocycles. The van der Waals surface area contributed by atoms with Gasteiger partial charge in [-0.25, -0.2) is 4.68 Å². The summed E-state index contributed by atoms with van der Waals surface area (Å²) in [5.41, 5.74) is 3.65. The molecule has 0 N–H and O–H groups in total. The van der Waals surface area contributed by atoms with Crippen molar-refractivity contribution >= 4 is 10.8 Å². The lowest BCUT2D eigenvalue weighted by Gasteiger charge is -2.15. The number of aryl methyl sites for hydroxylation is 1. The number of tetrazole rings is 1. The predicted molar refractivity (Wildman–Crippen MR) is 87.4 cm³/mol. The second-order valence-electron chi connectivity index (χ2n) is 5.67.